The van der Waals surface area contributed by atoms with Crippen molar-refractivity contribution in [3.63, 3.8) is 0 Å². The van der Waals surface area contributed by atoms with Gasteiger partial charge in [-0.05, 0) is 78.1 Å². The molecular formula is C33H29NO3. The van der Waals surface area contributed by atoms with Gasteiger partial charge in [-0.2, -0.15) is 0 Å². The quantitative estimate of drug-likeness (QED) is 0.186. The maximum Gasteiger partial charge on any atom is 0.187 e. The van der Waals surface area contributed by atoms with Crippen molar-refractivity contribution in [3.8, 4) is 22.6 Å². The summed E-state index contributed by atoms with van der Waals surface area (Å²) in [5.41, 5.74) is 8.90. The van der Waals surface area contributed by atoms with Gasteiger partial charge in [0.1, 0.15) is 24.2 Å². The molecule has 4 heteroatoms. The number of fused-ring (bicyclic) bond motifs is 1. The highest BCUT2D eigenvalue weighted by atomic mass is 16.5. The number of aldehydes is 1. The largest absolute Gasteiger partial charge is 0.488 e. The molecule has 0 saturated heterocycles. The second-order valence-corrected chi connectivity index (χ2v) is 9.43. The average molecular weight is 488 g/mol. The van der Waals surface area contributed by atoms with Crippen LogP contribution in [0.4, 0.5) is 5.69 Å². The number of hydrogen-bond acceptors (Lipinski definition) is 3. The lowest BCUT2D eigenvalue weighted by atomic mass is 9.97. The predicted molar refractivity (Wildman–Crippen MR) is 147 cm³/mol. The minimum atomic E-state index is -0.322. The molecule has 5 rings (SSSR count). The van der Waals surface area contributed by atoms with Gasteiger partial charge >= 0.3 is 0 Å². The smallest absolute Gasteiger partial charge is 0.187 e. The highest BCUT2D eigenvalue weighted by Gasteiger charge is 2.25. The molecule has 4 aromatic carbocycles. The molecule has 184 valence electrons. The maximum atomic E-state index is 12.2. The lowest BCUT2D eigenvalue weighted by Gasteiger charge is -2.21. The van der Waals surface area contributed by atoms with Gasteiger partial charge in [0.25, 0.3) is 0 Å². The van der Waals surface area contributed by atoms with Gasteiger partial charge in [-0.1, -0.05) is 66.7 Å². The summed E-state index contributed by atoms with van der Waals surface area (Å²) >= 11 is 0. The first-order valence-electron chi connectivity index (χ1n) is 12.6. The lowest BCUT2D eigenvalue weighted by molar-refractivity contribution is 0.111. The summed E-state index contributed by atoms with van der Waals surface area (Å²) < 4.78 is 12.8. The number of carbonyl (C=O) groups is 1. The minimum absolute atomic E-state index is 0.322. The fraction of sp³-hybridized carbons (Fsp3) is 0.212. The number of ether oxygens (including phenoxy) is 2. The van der Waals surface area contributed by atoms with Crippen LogP contribution in [0.25, 0.3) is 16.0 Å². The van der Waals surface area contributed by atoms with E-state index in [1.807, 2.05) is 37.3 Å². The van der Waals surface area contributed by atoms with E-state index in [9.17, 15) is 4.79 Å². The maximum absolute atomic E-state index is 12.2. The van der Waals surface area contributed by atoms with Crippen molar-refractivity contribution in [2.75, 3.05) is 0 Å². The van der Waals surface area contributed by atoms with Crippen molar-refractivity contribution in [3.05, 3.63) is 124 Å². The molecule has 0 N–H and O–H groups in total. The van der Waals surface area contributed by atoms with E-state index in [0.29, 0.717) is 23.6 Å². The van der Waals surface area contributed by atoms with Crippen molar-refractivity contribution in [2.24, 2.45) is 0 Å². The van der Waals surface area contributed by atoms with Gasteiger partial charge in [-0.3, -0.25) is 4.79 Å². The minimum Gasteiger partial charge on any atom is -0.488 e. The van der Waals surface area contributed by atoms with Crippen LogP contribution < -0.4 is 9.47 Å². The Hall–Kier alpha value is -4.36. The lowest BCUT2D eigenvalue weighted by Crippen LogP contribution is -2.08. The Kier molecular flexibility index (Phi) is 7.05. The summed E-state index contributed by atoms with van der Waals surface area (Å²) in [6.07, 6.45) is 3.29. The van der Waals surface area contributed by atoms with Gasteiger partial charge in [-0.15, -0.1) is 0 Å². The molecule has 0 radical (unpaired) electrons. The average Bonchev–Trinajstić information content (AvgIpc) is 3.43. The standard InChI is InChI=1S/C33H29NO3/c1-22-26(13-8-15-28(22)24-10-5-4-6-11-24)21-36-32-19-33(31(20-35)29-16-9-17-30(29)32)37-23(2)25-12-7-14-27(18-25)34-3/h4-8,10-15,18-20,23H,9,16-17,21H2,1-2H3. The Labute approximate surface area is 218 Å². The Morgan fingerprint density at radius 1 is 0.946 bits per heavy atom. The number of carbonyl (C=O) groups excluding carboxylic acids is 1. The number of benzene rings is 4. The topological polar surface area (TPSA) is 39.9 Å². The van der Waals surface area contributed by atoms with Crippen molar-refractivity contribution in [1.29, 1.82) is 0 Å². The fourth-order valence-electron chi connectivity index (χ4n) is 5.13. The van der Waals surface area contributed by atoms with Crippen LogP contribution in [0.2, 0.25) is 0 Å². The summed E-state index contributed by atoms with van der Waals surface area (Å²) in [4.78, 5) is 15.7. The third kappa shape index (κ3) is 4.99. The van der Waals surface area contributed by atoms with Crippen LogP contribution in [-0.4, -0.2) is 6.29 Å². The summed E-state index contributed by atoms with van der Waals surface area (Å²) in [7, 11) is 0. The summed E-state index contributed by atoms with van der Waals surface area (Å²) in [6.45, 7) is 11.8. The first-order chi connectivity index (χ1) is 18.1. The van der Waals surface area contributed by atoms with Crippen LogP contribution in [0.15, 0.2) is 78.9 Å². The molecule has 1 atom stereocenters. The molecule has 1 aliphatic carbocycles. The summed E-state index contributed by atoms with van der Waals surface area (Å²) in [5, 5.41) is 0. The number of hydrogen-bond donors (Lipinski definition) is 0. The van der Waals surface area contributed by atoms with E-state index in [0.717, 1.165) is 53.6 Å². The van der Waals surface area contributed by atoms with Crippen LogP contribution >= 0.6 is 0 Å². The van der Waals surface area contributed by atoms with Gasteiger partial charge < -0.3 is 9.47 Å². The highest BCUT2D eigenvalue weighted by molar-refractivity contribution is 5.84. The van der Waals surface area contributed by atoms with Crippen LogP contribution in [0, 0.1) is 13.5 Å². The van der Waals surface area contributed by atoms with E-state index in [4.69, 9.17) is 16.0 Å². The molecule has 4 aromatic rings. The van der Waals surface area contributed by atoms with E-state index in [2.05, 4.69) is 54.2 Å². The van der Waals surface area contributed by atoms with Crippen LogP contribution in [0.3, 0.4) is 0 Å². The Morgan fingerprint density at radius 3 is 2.51 bits per heavy atom. The molecule has 0 spiro atoms. The van der Waals surface area contributed by atoms with E-state index in [1.165, 1.54) is 16.7 Å². The van der Waals surface area contributed by atoms with E-state index in [-0.39, 0.29) is 6.10 Å². The predicted octanol–water partition coefficient (Wildman–Crippen LogP) is 8.23. The SMILES string of the molecule is [C-]#[N+]c1cccc(C(C)Oc2cc(OCc3cccc(-c4ccccc4)c3C)c3c(c2C=O)CCC3)c1. The molecule has 0 amide bonds. The molecule has 4 nitrogen and oxygen atoms in total. The molecule has 0 saturated carbocycles. The van der Waals surface area contributed by atoms with E-state index >= 15 is 0 Å². The van der Waals surface area contributed by atoms with Crippen LogP contribution in [-0.2, 0) is 19.4 Å². The zero-order chi connectivity index (χ0) is 25.8. The Bertz CT molecular complexity index is 1480. The Morgan fingerprint density at radius 2 is 1.73 bits per heavy atom. The molecule has 0 aromatic heterocycles. The molecule has 0 bridgehead atoms. The van der Waals surface area contributed by atoms with Gasteiger partial charge in [0.05, 0.1) is 12.1 Å². The van der Waals surface area contributed by atoms with E-state index < -0.39 is 0 Å². The molecular weight excluding hydrogens is 458 g/mol. The molecule has 1 unspecified atom stereocenters. The second-order valence-electron chi connectivity index (χ2n) is 9.43. The molecule has 0 aliphatic heterocycles. The molecule has 0 heterocycles. The number of rotatable bonds is 8. The summed E-state index contributed by atoms with van der Waals surface area (Å²) in [6, 6.07) is 26.0. The van der Waals surface area contributed by atoms with Crippen molar-refractivity contribution >= 4 is 12.0 Å². The number of nitrogens with zero attached hydrogens (tertiary/aromatic N) is 1. The van der Waals surface area contributed by atoms with Crippen LogP contribution in [0.1, 0.15) is 57.6 Å². The zero-order valence-corrected chi connectivity index (χ0v) is 21.2. The van der Waals surface area contributed by atoms with Crippen molar-refractivity contribution in [2.45, 2.75) is 45.8 Å². The Balaban J connectivity index is 1.44. The third-order valence-electron chi connectivity index (χ3n) is 7.17. The molecule has 0 fully saturated rings. The van der Waals surface area contributed by atoms with Crippen molar-refractivity contribution < 1.29 is 14.3 Å². The first kappa shape index (κ1) is 24.3. The van der Waals surface area contributed by atoms with Gasteiger partial charge in [0.2, 0.25) is 0 Å². The monoisotopic (exact) mass is 487 g/mol. The summed E-state index contributed by atoms with van der Waals surface area (Å²) in [5.74, 6) is 1.31. The van der Waals surface area contributed by atoms with Crippen molar-refractivity contribution in [1.82, 2.24) is 0 Å². The fourth-order valence-corrected chi connectivity index (χ4v) is 5.13. The second kappa shape index (κ2) is 10.7. The van der Waals surface area contributed by atoms with Gasteiger partial charge in [-0.25, -0.2) is 4.85 Å². The zero-order valence-electron chi connectivity index (χ0n) is 21.2. The normalized spacial score (nSPS) is 12.9. The molecule has 1 aliphatic rings. The van der Waals surface area contributed by atoms with Gasteiger partial charge in [0.15, 0.2) is 12.0 Å². The highest BCUT2D eigenvalue weighted by Crippen LogP contribution is 2.40. The van der Waals surface area contributed by atoms with Gasteiger partial charge in [0, 0.05) is 6.07 Å². The van der Waals surface area contributed by atoms with E-state index in [1.54, 1.807) is 6.07 Å². The molecule has 37 heavy (non-hydrogen) atoms. The third-order valence-corrected chi connectivity index (χ3v) is 7.17. The first-order valence-corrected chi connectivity index (χ1v) is 12.6. The van der Waals surface area contributed by atoms with Crippen LogP contribution in [0.5, 0.6) is 11.5 Å².